The second-order valence-electron chi connectivity index (χ2n) is 5.96. The number of thiophene rings is 1. The fraction of sp³-hybridized carbons (Fsp3) is 0.0526. The minimum atomic E-state index is -3.95. The molecule has 29 heavy (non-hydrogen) atoms. The van der Waals surface area contributed by atoms with Gasteiger partial charge in [0.1, 0.15) is 10.0 Å². The molecule has 0 fully saturated rings. The molecule has 0 aliphatic heterocycles. The molecule has 3 N–H and O–H groups in total. The third kappa shape index (κ3) is 5.01. The number of hydrogen-bond donors (Lipinski definition) is 2. The highest BCUT2D eigenvalue weighted by molar-refractivity contribution is 7.91. The SMILES string of the molecule is Cc1cc(N(C=O)NS(=O)(=O)c2ccc(Cl)s2)ccc1N=C(N)c1ccccc1. The zero-order valence-electron chi connectivity index (χ0n) is 15.2. The van der Waals surface area contributed by atoms with E-state index in [1.165, 1.54) is 12.1 Å². The average Bonchev–Trinajstić information content (AvgIpc) is 3.16. The summed E-state index contributed by atoms with van der Waals surface area (Å²) in [5, 5.41) is 0.879. The summed E-state index contributed by atoms with van der Waals surface area (Å²) >= 11 is 6.69. The van der Waals surface area contributed by atoms with Gasteiger partial charge in [-0.2, -0.15) is 0 Å². The monoisotopic (exact) mass is 448 g/mol. The summed E-state index contributed by atoms with van der Waals surface area (Å²) in [6.45, 7) is 1.79. The van der Waals surface area contributed by atoms with Gasteiger partial charge in [-0.1, -0.05) is 41.9 Å². The molecule has 1 aromatic heterocycles. The highest BCUT2D eigenvalue weighted by Crippen LogP contribution is 2.27. The van der Waals surface area contributed by atoms with Gasteiger partial charge in [0.25, 0.3) is 10.0 Å². The van der Waals surface area contributed by atoms with Crippen LogP contribution in [0.25, 0.3) is 0 Å². The Morgan fingerprint density at radius 1 is 1.17 bits per heavy atom. The van der Waals surface area contributed by atoms with Crippen molar-refractivity contribution in [1.29, 1.82) is 0 Å². The fourth-order valence-electron chi connectivity index (χ4n) is 2.47. The molecular weight excluding hydrogens is 432 g/mol. The van der Waals surface area contributed by atoms with Gasteiger partial charge in [-0.15, -0.1) is 16.2 Å². The van der Waals surface area contributed by atoms with Gasteiger partial charge in [-0.3, -0.25) is 4.79 Å². The second kappa shape index (κ2) is 8.75. The van der Waals surface area contributed by atoms with Gasteiger partial charge in [-0.25, -0.2) is 18.4 Å². The van der Waals surface area contributed by atoms with Gasteiger partial charge in [-0.05, 0) is 42.8 Å². The maximum absolute atomic E-state index is 12.4. The van der Waals surface area contributed by atoms with Gasteiger partial charge in [0, 0.05) is 5.56 Å². The Kier molecular flexibility index (Phi) is 6.33. The van der Waals surface area contributed by atoms with E-state index in [0.29, 0.717) is 33.5 Å². The predicted molar refractivity (Wildman–Crippen MR) is 116 cm³/mol. The summed E-state index contributed by atoms with van der Waals surface area (Å²) in [5.74, 6) is 0.351. The molecule has 0 aliphatic rings. The van der Waals surface area contributed by atoms with E-state index in [1.807, 2.05) is 30.3 Å². The van der Waals surface area contributed by atoms with Gasteiger partial charge < -0.3 is 5.73 Å². The first kappa shape index (κ1) is 21.0. The van der Waals surface area contributed by atoms with E-state index in [0.717, 1.165) is 21.9 Å². The smallest absolute Gasteiger partial charge is 0.267 e. The number of nitrogens with zero attached hydrogens (tertiary/aromatic N) is 2. The molecular formula is C19H17ClN4O3S2. The summed E-state index contributed by atoms with van der Waals surface area (Å²) in [5.41, 5.74) is 8.49. The van der Waals surface area contributed by atoms with Crippen LogP contribution in [0.15, 0.2) is 69.9 Å². The van der Waals surface area contributed by atoms with Gasteiger partial charge in [0.15, 0.2) is 0 Å². The number of sulfonamides is 1. The van der Waals surface area contributed by atoms with Crippen LogP contribution < -0.4 is 15.6 Å². The van der Waals surface area contributed by atoms with Crippen LogP contribution in [0.3, 0.4) is 0 Å². The number of nitrogens with one attached hydrogen (secondary N) is 1. The number of carbonyl (C=O) groups is 1. The maximum atomic E-state index is 12.4. The van der Waals surface area contributed by atoms with Crippen LogP contribution in [0.4, 0.5) is 11.4 Å². The molecule has 0 radical (unpaired) electrons. The quantitative estimate of drug-likeness (QED) is 0.249. The third-order valence-corrected chi connectivity index (χ3v) is 6.94. The molecule has 0 saturated carbocycles. The Morgan fingerprint density at radius 2 is 1.90 bits per heavy atom. The number of benzene rings is 2. The molecule has 150 valence electrons. The molecule has 0 unspecified atom stereocenters. The van der Waals surface area contributed by atoms with Crippen molar-refractivity contribution in [3.05, 3.63) is 76.1 Å². The van der Waals surface area contributed by atoms with Crippen LogP contribution in [0.2, 0.25) is 4.34 Å². The van der Waals surface area contributed by atoms with Gasteiger partial charge in [0.2, 0.25) is 6.41 Å². The lowest BCUT2D eigenvalue weighted by molar-refractivity contribution is -0.107. The fourth-order valence-corrected chi connectivity index (χ4v) is 4.95. The number of anilines is 1. The summed E-state index contributed by atoms with van der Waals surface area (Å²) in [6.07, 6.45) is 0.378. The second-order valence-corrected chi connectivity index (χ2v) is 9.57. The van der Waals surface area contributed by atoms with Gasteiger partial charge >= 0.3 is 0 Å². The molecule has 3 rings (SSSR count). The number of rotatable bonds is 7. The highest BCUT2D eigenvalue weighted by Gasteiger charge is 2.21. The maximum Gasteiger partial charge on any atom is 0.267 e. The Morgan fingerprint density at radius 3 is 2.48 bits per heavy atom. The Hall–Kier alpha value is -2.72. The lowest BCUT2D eigenvalue weighted by Crippen LogP contribution is -2.41. The number of hydrogen-bond acceptors (Lipinski definition) is 5. The first-order valence-corrected chi connectivity index (χ1v) is 11.0. The zero-order valence-corrected chi connectivity index (χ0v) is 17.6. The van der Waals surface area contributed by atoms with Crippen LogP contribution in [-0.2, 0) is 14.8 Å². The van der Waals surface area contributed by atoms with E-state index >= 15 is 0 Å². The zero-order chi connectivity index (χ0) is 21.0. The number of aliphatic imine (C=N–C) groups is 1. The number of carbonyl (C=O) groups excluding carboxylic acids is 1. The molecule has 0 saturated heterocycles. The van der Waals surface area contributed by atoms with E-state index in [1.54, 1.807) is 25.1 Å². The molecule has 0 spiro atoms. The van der Waals surface area contributed by atoms with Crippen LogP contribution >= 0.6 is 22.9 Å². The van der Waals surface area contributed by atoms with E-state index in [9.17, 15) is 13.2 Å². The van der Waals surface area contributed by atoms with Crippen LogP contribution in [-0.4, -0.2) is 20.7 Å². The molecule has 3 aromatic rings. The van der Waals surface area contributed by atoms with E-state index in [4.69, 9.17) is 17.3 Å². The number of halogens is 1. The predicted octanol–water partition coefficient (Wildman–Crippen LogP) is 3.60. The van der Waals surface area contributed by atoms with Crippen LogP contribution in [0.1, 0.15) is 11.1 Å². The Labute approximate surface area is 177 Å². The summed E-state index contributed by atoms with van der Waals surface area (Å²) in [4.78, 5) is 18.2. The lowest BCUT2D eigenvalue weighted by atomic mass is 10.1. The van der Waals surface area contributed by atoms with Crippen molar-refractivity contribution in [3.8, 4) is 0 Å². The molecule has 0 bridgehead atoms. The van der Waals surface area contributed by atoms with E-state index < -0.39 is 10.0 Å². The standard InChI is InChI=1S/C19H17ClN4O3S2/c1-13-11-15(7-8-16(13)22-19(21)14-5-3-2-4-6-14)24(12-25)23-29(26,27)18-10-9-17(20)28-18/h2-12,23H,1H3,(H2,21,22). The normalized spacial score (nSPS) is 12.0. The summed E-state index contributed by atoms with van der Waals surface area (Å²) in [7, 11) is -3.95. The van der Waals surface area contributed by atoms with Crippen molar-refractivity contribution in [2.24, 2.45) is 10.7 Å². The molecule has 10 heteroatoms. The molecule has 1 amide bonds. The number of hydrazine groups is 1. The van der Waals surface area contributed by atoms with E-state index in [-0.39, 0.29) is 4.21 Å². The number of amides is 1. The van der Waals surface area contributed by atoms with Crippen molar-refractivity contribution in [3.63, 3.8) is 0 Å². The van der Waals surface area contributed by atoms with Crippen LogP contribution in [0.5, 0.6) is 0 Å². The molecule has 2 aromatic carbocycles. The van der Waals surface area contributed by atoms with Gasteiger partial charge in [0.05, 0.1) is 15.7 Å². The Balaban J connectivity index is 1.85. The molecule has 7 nitrogen and oxygen atoms in total. The number of amidine groups is 1. The minimum absolute atomic E-state index is 0.00271. The summed E-state index contributed by atoms with van der Waals surface area (Å²) in [6, 6.07) is 17.0. The third-order valence-electron chi connectivity index (χ3n) is 3.91. The van der Waals surface area contributed by atoms with E-state index in [2.05, 4.69) is 9.82 Å². The minimum Gasteiger partial charge on any atom is -0.383 e. The van der Waals surface area contributed by atoms with Crippen molar-refractivity contribution in [2.75, 3.05) is 5.01 Å². The lowest BCUT2D eigenvalue weighted by Gasteiger charge is -2.19. The first-order valence-electron chi connectivity index (χ1n) is 8.33. The van der Waals surface area contributed by atoms with Crippen molar-refractivity contribution in [2.45, 2.75) is 11.1 Å². The topological polar surface area (TPSA) is 105 Å². The largest absolute Gasteiger partial charge is 0.383 e. The summed E-state index contributed by atoms with van der Waals surface area (Å²) < 4.78 is 25.2. The van der Waals surface area contributed by atoms with Crippen molar-refractivity contribution >= 4 is 56.6 Å². The average molecular weight is 449 g/mol. The Bertz CT molecular complexity index is 1160. The highest BCUT2D eigenvalue weighted by atomic mass is 35.5. The van der Waals surface area contributed by atoms with Crippen molar-refractivity contribution in [1.82, 2.24) is 4.83 Å². The number of nitrogens with two attached hydrogens (primary N) is 1. The van der Waals surface area contributed by atoms with Crippen molar-refractivity contribution < 1.29 is 13.2 Å². The molecule has 0 atom stereocenters. The number of aryl methyl sites for hydroxylation is 1. The first-order chi connectivity index (χ1) is 13.8. The molecule has 1 heterocycles. The molecule has 0 aliphatic carbocycles. The van der Waals surface area contributed by atoms with Crippen LogP contribution in [0, 0.1) is 6.92 Å².